The number of hydrogen-bond acceptors (Lipinski definition) is 2. The lowest BCUT2D eigenvalue weighted by molar-refractivity contribution is 0.474. The molecule has 0 spiro atoms. The topological polar surface area (TPSA) is 37.4 Å². The Hall–Kier alpha value is -1.17. The summed E-state index contributed by atoms with van der Waals surface area (Å²) in [6.07, 6.45) is 2.91. The van der Waals surface area contributed by atoms with E-state index in [0.29, 0.717) is 0 Å². The monoisotopic (exact) mass is 289 g/mol. The fraction of sp³-hybridized carbons (Fsp3) is 0.167. The van der Waals surface area contributed by atoms with E-state index in [1.807, 2.05) is 0 Å². The van der Waals surface area contributed by atoms with Crippen molar-refractivity contribution in [3.63, 3.8) is 0 Å². The van der Waals surface area contributed by atoms with Gasteiger partial charge in [-0.1, -0.05) is 23.8 Å². The van der Waals surface area contributed by atoms with E-state index in [2.05, 4.69) is 13.2 Å². The molecular weight excluding hydrogens is 277 g/mol. The first kappa shape index (κ1) is 14.9. The first-order valence-corrected chi connectivity index (χ1v) is 6.92. The lowest BCUT2D eigenvalue weighted by Crippen LogP contribution is -2.31. The van der Waals surface area contributed by atoms with Gasteiger partial charge in [0.05, 0.1) is 5.02 Å². The highest BCUT2D eigenvalue weighted by Gasteiger charge is 2.25. The molecule has 0 fully saturated rings. The highest BCUT2D eigenvalue weighted by Crippen LogP contribution is 2.25. The van der Waals surface area contributed by atoms with Crippen LogP contribution in [0.5, 0.6) is 0 Å². The van der Waals surface area contributed by atoms with Gasteiger partial charge in [-0.2, -0.15) is 4.31 Å². The zero-order valence-electron chi connectivity index (χ0n) is 9.64. The van der Waals surface area contributed by atoms with Crippen LogP contribution in [0.3, 0.4) is 0 Å². The Bertz CT molecular complexity index is 547. The molecule has 0 aliphatic carbocycles. The second kappa shape index (κ2) is 6.13. The van der Waals surface area contributed by atoms with Crippen molar-refractivity contribution >= 4 is 21.6 Å². The van der Waals surface area contributed by atoms with Gasteiger partial charge in [0.15, 0.2) is 0 Å². The number of nitrogens with zero attached hydrogens (tertiary/aromatic N) is 1. The van der Waals surface area contributed by atoms with Gasteiger partial charge in [-0.3, -0.25) is 0 Å². The van der Waals surface area contributed by atoms with Crippen LogP contribution in [0, 0.1) is 5.82 Å². The second-order valence-electron chi connectivity index (χ2n) is 3.47. The van der Waals surface area contributed by atoms with E-state index in [-0.39, 0.29) is 23.0 Å². The van der Waals surface area contributed by atoms with Crippen LogP contribution >= 0.6 is 11.6 Å². The van der Waals surface area contributed by atoms with Gasteiger partial charge in [0.2, 0.25) is 10.0 Å². The summed E-state index contributed by atoms with van der Waals surface area (Å²) in [6.45, 7) is 7.24. The van der Waals surface area contributed by atoms with Crippen LogP contribution in [0.4, 0.5) is 4.39 Å². The molecule has 0 saturated heterocycles. The van der Waals surface area contributed by atoms with Gasteiger partial charge in [0, 0.05) is 13.1 Å². The summed E-state index contributed by atoms with van der Waals surface area (Å²) in [4.78, 5) is -0.130. The van der Waals surface area contributed by atoms with Crippen LogP contribution in [-0.4, -0.2) is 25.8 Å². The molecule has 18 heavy (non-hydrogen) atoms. The van der Waals surface area contributed by atoms with Gasteiger partial charge in [-0.25, -0.2) is 12.8 Å². The average molecular weight is 290 g/mol. The minimum Gasteiger partial charge on any atom is -0.207 e. The largest absolute Gasteiger partial charge is 0.245 e. The van der Waals surface area contributed by atoms with E-state index in [1.54, 1.807) is 0 Å². The maximum atomic E-state index is 12.9. The third kappa shape index (κ3) is 3.19. The predicted molar refractivity (Wildman–Crippen MR) is 70.6 cm³/mol. The Kier molecular flexibility index (Phi) is 5.07. The van der Waals surface area contributed by atoms with Crippen molar-refractivity contribution < 1.29 is 12.8 Å². The molecule has 1 aromatic carbocycles. The Morgan fingerprint density at radius 3 is 2.28 bits per heavy atom. The molecule has 1 aromatic rings. The van der Waals surface area contributed by atoms with E-state index >= 15 is 0 Å². The molecule has 0 aliphatic rings. The number of benzene rings is 1. The lowest BCUT2D eigenvalue weighted by Gasteiger charge is -2.19. The Morgan fingerprint density at radius 1 is 1.28 bits per heavy atom. The molecule has 3 nitrogen and oxygen atoms in total. The van der Waals surface area contributed by atoms with Crippen LogP contribution in [0.15, 0.2) is 48.4 Å². The van der Waals surface area contributed by atoms with Crippen LogP contribution in [0.1, 0.15) is 0 Å². The van der Waals surface area contributed by atoms with Crippen LogP contribution in [-0.2, 0) is 10.0 Å². The summed E-state index contributed by atoms with van der Waals surface area (Å²) in [7, 11) is -3.78. The molecule has 0 heterocycles. The average Bonchev–Trinajstić information content (AvgIpc) is 2.28. The summed E-state index contributed by atoms with van der Waals surface area (Å²) >= 11 is 5.76. The van der Waals surface area contributed by atoms with Crippen molar-refractivity contribution in [3.05, 3.63) is 54.3 Å². The van der Waals surface area contributed by atoms with Gasteiger partial charge in [0.25, 0.3) is 0 Å². The Labute approximate surface area is 111 Å². The predicted octanol–water partition coefficient (Wildman–Crippen LogP) is 2.84. The molecule has 1 rings (SSSR count). The maximum Gasteiger partial charge on any atom is 0.245 e. The Balaban J connectivity index is 3.25. The number of hydrogen-bond donors (Lipinski definition) is 0. The van der Waals surface area contributed by atoms with Gasteiger partial charge < -0.3 is 0 Å². The van der Waals surface area contributed by atoms with Gasteiger partial charge >= 0.3 is 0 Å². The molecule has 0 saturated carbocycles. The molecule has 6 heteroatoms. The molecular formula is C12H13ClFNO2S. The second-order valence-corrected chi connectivity index (χ2v) is 5.79. The summed E-state index contributed by atoms with van der Waals surface area (Å²) in [6, 6.07) is 3.17. The van der Waals surface area contributed by atoms with Crippen molar-refractivity contribution in [3.8, 4) is 0 Å². The summed E-state index contributed by atoms with van der Waals surface area (Å²) in [5, 5.41) is -0.145. The standard InChI is InChI=1S/C12H13ClFNO2S/c1-3-7-15(8-4-2)18(16,17)12-6-5-10(14)9-11(12)13/h3-6,9H,1-2,7-8H2. The first-order chi connectivity index (χ1) is 8.43. The zero-order chi connectivity index (χ0) is 13.8. The number of rotatable bonds is 6. The van der Waals surface area contributed by atoms with Crippen LogP contribution < -0.4 is 0 Å². The number of halogens is 2. The van der Waals surface area contributed by atoms with Crippen molar-refractivity contribution in [2.45, 2.75) is 4.90 Å². The van der Waals surface area contributed by atoms with Crippen molar-refractivity contribution in [2.24, 2.45) is 0 Å². The molecule has 98 valence electrons. The molecule has 0 unspecified atom stereocenters. The van der Waals surface area contributed by atoms with E-state index in [1.165, 1.54) is 12.2 Å². The molecule has 0 aliphatic heterocycles. The molecule has 0 amide bonds. The van der Waals surface area contributed by atoms with Crippen molar-refractivity contribution in [2.75, 3.05) is 13.1 Å². The Morgan fingerprint density at radius 2 is 1.83 bits per heavy atom. The highest BCUT2D eigenvalue weighted by molar-refractivity contribution is 7.89. The maximum absolute atomic E-state index is 12.9. The molecule has 0 bridgehead atoms. The van der Waals surface area contributed by atoms with Gasteiger partial charge in [-0.05, 0) is 18.2 Å². The summed E-state index contributed by atoms with van der Waals surface area (Å²) < 4.78 is 38.6. The van der Waals surface area contributed by atoms with E-state index in [9.17, 15) is 12.8 Å². The lowest BCUT2D eigenvalue weighted by atomic mass is 10.3. The van der Waals surface area contributed by atoms with E-state index in [4.69, 9.17) is 11.6 Å². The molecule has 0 aromatic heterocycles. The molecule has 0 radical (unpaired) electrons. The van der Waals surface area contributed by atoms with Crippen molar-refractivity contribution in [1.29, 1.82) is 0 Å². The third-order valence-electron chi connectivity index (χ3n) is 2.18. The van der Waals surface area contributed by atoms with Crippen molar-refractivity contribution in [1.82, 2.24) is 4.31 Å². The van der Waals surface area contributed by atoms with E-state index < -0.39 is 15.8 Å². The smallest absolute Gasteiger partial charge is 0.207 e. The summed E-state index contributed by atoms with van der Waals surface area (Å²) in [5.74, 6) is -0.585. The summed E-state index contributed by atoms with van der Waals surface area (Å²) in [5.41, 5.74) is 0. The highest BCUT2D eigenvalue weighted by atomic mass is 35.5. The fourth-order valence-electron chi connectivity index (χ4n) is 1.38. The minimum absolute atomic E-state index is 0.127. The van der Waals surface area contributed by atoms with Crippen LogP contribution in [0.25, 0.3) is 0 Å². The SMILES string of the molecule is C=CCN(CC=C)S(=O)(=O)c1ccc(F)cc1Cl. The van der Waals surface area contributed by atoms with Crippen LogP contribution in [0.2, 0.25) is 5.02 Å². The molecule has 0 N–H and O–H groups in total. The quantitative estimate of drug-likeness (QED) is 0.755. The van der Waals surface area contributed by atoms with Gasteiger partial charge in [0.1, 0.15) is 10.7 Å². The number of sulfonamides is 1. The van der Waals surface area contributed by atoms with Gasteiger partial charge in [-0.15, -0.1) is 13.2 Å². The first-order valence-electron chi connectivity index (χ1n) is 5.10. The molecule has 0 atom stereocenters. The third-order valence-corrected chi connectivity index (χ3v) is 4.49. The zero-order valence-corrected chi connectivity index (χ0v) is 11.2. The normalized spacial score (nSPS) is 11.5. The van der Waals surface area contributed by atoms with E-state index in [0.717, 1.165) is 22.5 Å². The minimum atomic E-state index is -3.78. The fourth-order valence-corrected chi connectivity index (χ4v) is 3.27.